The van der Waals surface area contributed by atoms with Crippen molar-refractivity contribution < 1.29 is 61.9 Å². The summed E-state index contributed by atoms with van der Waals surface area (Å²) in [5.41, 5.74) is 5.58. The molecule has 1 fully saturated rings. The second-order valence-electron chi connectivity index (χ2n) is 21.0. The molecule has 4 rings (SSSR count). The van der Waals surface area contributed by atoms with Gasteiger partial charge in [0.15, 0.2) is 18.4 Å². The molecule has 4 aliphatic rings. The van der Waals surface area contributed by atoms with Gasteiger partial charge in [0.2, 0.25) is 0 Å². The van der Waals surface area contributed by atoms with E-state index in [0.29, 0.717) is 12.8 Å². The van der Waals surface area contributed by atoms with Crippen LogP contribution < -0.4 is 0 Å². The van der Waals surface area contributed by atoms with Gasteiger partial charge in [-0.25, -0.2) is 0 Å². The summed E-state index contributed by atoms with van der Waals surface area (Å²) in [7, 11) is 0. The quantitative estimate of drug-likeness (QED) is 0.0352. The molecule has 398 valence electrons. The highest BCUT2D eigenvalue weighted by atomic mass is 16.7. The summed E-state index contributed by atoms with van der Waals surface area (Å²) >= 11 is 0. The summed E-state index contributed by atoms with van der Waals surface area (Å²) in [4.78, 5) is 59.9. The van der Waals surface area contributed by atoms with Crippen molar-refractivity contribution in [1.82, 2.24) is 0 Å². The standard InChI is InChI=1S/C60H80O13/c1-39(21-17-23-41(3)25-27-50-43(5)33-48(34-58(50,10)11)70-56-31-28-51(68-46(8)63)53(72-56)37-66-44(6)61)19-15-16-20-40(2)22-18-24-42(4)26-30-55(65)60(14)36-49(35-59(60,12)13)71-57-32-29-52(69-47(9)64)54(73-57)38-67-45(7)62/h15-32,48-49,51-54,56-57H,33-38H2,1-14H3. The largest absolute Gasteiger partial charge is 0.463 e. The fourth-order valence-corrected chi connectivity index (χ4v) is 9.37. The van der Waals surface area contributed by atoms with E-state index in [0.717, 1.165) is 35.1 Å². The van der Waals surface area contributed by atoms with Gasteiger partial charge in [0.05, 0.1) is 12.2 Å². The van der Waals surface area contributed by atoms with Gasteiger partial charge in [0.25, 0.3) is 0 Å². The van der Waals surface area contributed by atoms with Crippen LogP contribution in [-0.4, -0.2) is 92.1 Å². The van der Waals surface area contributed by atoms with Gasteiger partial charge in [0, 0.05) is 33.1 Å². The monoisotopic (exact) mass is 1010 g/mol. The Kier molecular flexibility index (Phi) is 22.6. The molecule has 13 nitrogen and oxygen atoms in total. The molecule has 0 spiro atoms. The molecule has 0 aromatic carbocycles. The Morgan fingerprint density at radius 2 is 1.00 bits per heavy atom. The van der Waals surface area contributed by atoms with E-state index in [1.54, 1.807) is 30.4 Å². The molecule has 0 saturated heterocycles. The number of allylic oxidation sites excluding steroid dienone is 19. The first kappa shape index (κ1) is 59.8. The maximum absolute atomic E-state index is 13.8. The van der Waals surface area contributed by atoms with E-state index in [9.17, 15) is 24.0 Å². The number of hydrogen-bond donors (Lipinski definition) is 0. The van der Waals surface area contributed by atoms with Crippen LogP contribution in [0.3, 0.4) is 0 Å². The zero-order chi connectivity index (χ0) is 54.1. The van der Waals surface area contributed by atoms with Gasteiger partial charge in [-0.05, 0) is 107 Å². The number of carbonyl (C=O) groups is 5. The number of rotatable bonds is 21. The lowest BCUT2D eigenvalue weighted by Gasteiger charge is -2.40. The van der Waals surface area contributed by atoms with E-state index >= 15 is 0 Å². The lowest BCUT2D eigenvalue weighted by atomic mass is 9.66. The maximum atomic E-state index is 13.8. The lowest BCUT2D eigenvalue weighted by Crippen LogP contribution is -2.43. The zero-order valence-corrected chi connectivity index (χ0v) is 45.6. The molecule has 73 heavy (non-hydrogen) atoms. The molecule has 0 aromatic heterocycles. The first-order valence-electron chi connectivity index (χ1n) is 25.2. The van der Waals surface area contributed by atoms with Gasteiger partial charge in [0.1, 0.15) is 37.6 Å². The van der Waals surface area contributed by atoms with Crippen LogP contribution in [0.5, 0.6) is 0 Å². The molecular formula is C60H80O13. The Balaban J connectivity index is 1.25. The van der Waals surface area contributed by atoms with Crippen LogP contribution in [0.1, 0.15) is 123 Å². The predicted octanol–water partition coefficient (Wildman–Crippen LogP) is 11.4. The Morgan fingerprint density at radius 3 is 1.47 bits per heavy atom. The van der Waals surface area contributed by atoms with Crippen molar-refractivity contribution in [2.45, 2.75) is 172 Å². The molecule has 0 radical (unpaired) electrons. The van der Waals surface area contributed by atoms with Crippen LogP contribution in [0.2, 0.25) is 0 Å². The third-order valence-corrected chi connectivity index (χ3v) is 13.6. The fourth-order valence-electron chi connectivity index (χ4n) is 9.37. The smallest absolute Gasteiger partial charge is 0.303 e. The average Bonchev–Trinajstić information content (AvgIpc) is 3.52. The molecule has 9 unspecified atom stereocenters. The van der Waals surface area contributed by atoms with Crippen LogP contribution in [-0.2, 0) is 61.9 Å². The Hall–Kier alpha value is -5.73. The minimum atomic E-state index is -0.751. The number of hydrogen-bond acceptors (Lipinski definition) is 13. The van der Waals surface area contributed by atoms with Gasteiger partial charge < -0.3 is 37.9 Å². The van der Waals surface area contributed by atoms with Gasteiger partial charge in [-0.3, -0.25) is 24.0 Å². The zero-order valence-electron chi connectivity index (χ0n) is 45.6. The van der Waals surface area contributed by atoms with Crippen molar-refractivity contribution >= 4 is 29.7 Å². The third-order valence-electron chi connectivity index (χ3n) is 13.6. The molecule has 1 saturated carbocycles. The van der Waals surface area contributed by atoms with Crippen LogP contribution in [0, 0.1) is 16.2 Å². The predicted molar refractivity (Wildman–Crippen MR) is 282 cm³/mol. The van der Waals surface area contributed by atoms with E-state index in [2.05, 4.69) is 84.9 Å². The number of carbonyl (C=O) groups excluding carboxylic acids is 5. The van der Waals surface area contributed by atoms with Gasteiger partial charge >= 0.3 is 23.9 Å². The van der Waals surface area contributed by atoms with E-state index in [-0.39, 0.29) is 42.0 Å². The highest BCUT2D eigenvalue weighted by Crippen LogP contribution is 2.54. The first-order chi connectivity index (χ1) is 34.3. The van der Waals surface area contributed by atoms with Crippen LogP contribution >= 0.6 is 0 Å². The summed E-state index contributed by atoms with van der Waals surface area (Å²) in [6.07, 6.45) is 33.2. The van der Waals surface area contributed by atoms with Gasteiger partial charge in [-0.1, -0.05) is 141 Å². The van der Waals surface area contributed by atoms with Crippen molar-refractivity contribution in [3.8, 4) is 0 Å². The second-order valence-corrected chi connectivity index (χ2v) is 21.0. The molecule has 2 aliphatic heterocycles. The summed E-state index contributed by atoms with van der Waals surface area (Å²) in [5, 5.41) is 0. The summed E-state index contributed by atoms with van der Waals surface area (Å²) in [5.74, 6) is -1.81. The summed E-state index contributed by atoms with van der Waals surface area (Å²) < 4.78 is 45.9. The SMILES string of the molecule is CC(=O)OCC1OC(OC2CC(C)=C(C=CC(C)=CC=CC(C)=CC=CC=C(C)C=CC=C(C)C=CC(=O)C3(C)CC(OC4C=CC(OC(C)=O)C(COC(C)=O)O4)CC3(C)C)C(C)(C)C2)C=CC1OC(C)=O. The molecule has 2 aliphatic carbocycles. The van der Waals surface area contributed by atoms with Crippen molar-refractivity contribution in [2.24, 2.45) is 16.2 Å². The highest BCUT2D eigenvalue weighted by Gasteiger charge is 2.54. The molecule has 0 aromatic rings. The Morgan fingerprint density at radius 1 is 0.548 bits per heavy atom. The number of ketones is 1. The molecule has 13 heteroatoms. The van der Waals surface area contributed by atoms with Crippen molar-refractivity contribution in [3.05, 3.63) is 143 Å². The van der Waals surface area contributed by atoms with Gasteiger partial charge in [-0.2, -0.15) is 0 Å². The van der Waals surface area contributed by atoms with Crippen LogP contribution in [0.4, 0.5) is 0 Å². The molecule has 9 atom stereocenters. The average molecular weight is 1010 g/mol. The molecule has 0 N–H and O–H groups in total. The third kappa shape index (κ3) is 19.2. The topological polar surface area (TPSA) is 159 Å². The summed E-state index contributed by atoms with van der Waals surface area (Å²) in [6.45, 7) is 26.0. The highest BCUT2D eigenvalue weighted by molar-refractivity contribution is 5.96. The van der Waals surface area contributed by atoms with Crippen molar-refractivity contribution in [3.63, 3.8) is 0 Å². The summed E-state index contributed by atoms with van der Waals surface area (Å²) in [6, 6.07) is 0. The number of esters is 4. The van der Waals surface area contributed by atoms with E-state index in [4.69, 9.17) is 37.9 Å². The maximum Gasteiger partial charge on any atom is 0.303 e. The van der Waals surface area contributed by atoms with Gasteiger partial charge in [-0.15, -0.1) is 0 Å². The molecule has 0 bridgehead atoms. The number of ether oxygens (including phenoxy) is 8. The van der Waals surface area contributed by atoms with Crippen LogP contribution in [0.25, 0.3) is 0 Å². The normalized spacial score (nSPS) is 29.0. The molecule has 0 amide bonds. The van der Waals surface area contributed by atoms with E-state index in [1.807, 2.05) is 63.3 Å². The second kappa shape index (κ2) is 27.5. The molecule has 2 heterocycles. The minimum Gasteiger partial charge on any atom is -0.463 e. The lowest BCUT2D eigenvalue weighted by molar-refractivity contribution is -0.212. The van der Waals surface area contributed by atoms with Crippen molar-refractivity contribution in [2.75, 3.05) is 13.2 Å². The molecular weight excluding hydrogens is 929 g/mol. The minimum absolute atomic E-state index is 0.0273. The van der Waals surface area contributed by atoms with Crippen molar-refractivity contribution in [1.29, 1.82) is 0 Å². The van der Waals surface area contributed by atoms with E-state index in [1.165, 1.54) is 38.8 Å². The van der Waals surface area contributed by atoms with E-state index < -0.39 is 66.3 Å². The van der Waals surface area contributed by atoms with Crippen LogP contribution in [0.15, 0.2) is 143 Å². The fraction of sp³-hybridized carbons (Fsp3) is 0.517. The Labute approximate surface area is 434 Å². The first-order valence-corrected chi connectivity index (χ1v) is 25.2. The Bertz CT molecular complexity index is 2370.